The highest BCUT2D eigenvalue weighted by molar-refractivity contribution is 5.44. The molecule has 0 N–H and O–H groups in total. The van der Waals surface area contributed by atoms with Crippen LogP contribution in [0.2, 0.25) is 0 Å². The Labute approximate surface area is 130 Å². The van der Waals surface area contributed by atoms with Crippen LogP contribution in [0.5, 0.6) is 0 Å². The van der Waals surface area contributed by atoms with E-state index in [9.17, 15) is 0 Å². The Bertz CT molecular complexity index is 583. The van der Waals surface area contributed by atoms with Crippen molar-refractivity contribution in [3.63, 3.8) is 0 Å². The molecule has 22 heavy (non-hydrogen) atoms. The molecule has 2 aromatic rings. The summed E-state index contributed by atoms with van der Waals surface area (Å²) in [6.45, 7) is 1.96. The molecule has 0 unspecified atom stereocenters. The van der Waals surface area contributed by atoms with Crippen molar-refractivity contribution < 1.29 is 8.94 Å². The smallest absolute Gasteiger partial charge is 0.241 e. The predicted octanol–water partition coefficient (Wildman–Crippen LogP) is 3.87. The quantitative estimate of drug-likeness (QED) is 0.810. The van der Waals surface area contributed by atoms with Crippen molar-refractivity contribution in [2.75, 3.05) is 6.54 Å². The van der Waals surface area contributed by atoms with Crippen LogP contribution < -0.4 is 0 Å². The van der Waals surface area contributed by atoms with Crippen molar-refractivity contribution in [3.05, 3.63) is 24.3 Å². The van der Waals surface area contributed by atoms with E-state index in [0.717, 1.165) is 18.5 Å². The first-order valence-corrected chi connectivity index (χ1v) is 8.49. The van der Waals surface area contributed by atoms with Crippen LogP contribution in [-0.2, 0) is 6.54 Å². The van der Waals surface area contributed by atoms with Crippen molar-refractivity contribution in [1.29, 1.82) is 0 Å². The van der Waals surface area contributed by atoms with Gasteiger partial charge < -0.3 is 8.94 Å². The first-order valence-electron chi connectivity index (χ1n) is 8.49. The second-order valence-corrected chi connectivity index (χ2v) is 6.65. The van der Waals surface area contributed by atoms with E-state index >= 15 is 0 Å². The SMILES string of the molecule is c1coc(-c2noc(CN(CC3CCCCC3)C3CC3)n2)c1. The lowest BCUT2D eigenvalue weighted by atomic mass is 9.89. The average molecular weight is 301 g/mol. The van der Waals surface area contributed by atoms with Gasteiger partial charge in [0.1, 0.15) is 0 Å². The summed E-state index contributed by atoms with van der Waals surface area (Å²) in [5, 5.41) is 4.03. The van der Waals surface area contributed by atoms with Gasteiger partial charge in [-0.05, 0) is 43.7 Å². The highest BCUT2D eigenvalue weighted by Crippen LogP contribution is 2.32. The molecule has 0 radical (unpaired) electrons. The van der Waals surface area contributed by atoms with Crippen LogP contribution in [-0.4, -0.2) is 27.6 Å². The van der Waals surface area contributed by atoms with Gasteiger partial charge >= 0.3 is 0 Å². The lowest BCUT2D eigenvalue weighted by Crippen LogP contribution is -2.32. The molecule has 118 valence electrons. The summed E-state index contributed by atoms with van der Waals surface area (Å²) in [5.74, 6) is 2.77. The van der Waals surface area contributed by atoms with Crippen molar-refractivity contribution >= 4 is 0 Å². The van der Waals surface area contributed by atoms with E-state index in [2.05, 4.69) is 15.0 Å². The standard InChI is InChI=1S/C17H23N3O2/c1-2-5-13(6-3-1)11-20(14-8-9-14)12-16-18-17(19-22-16)15-7-4-10-21-15/h4,7,10,13-14H,1-3,5-6,8-9,11-12H2. The van der Waals surface area contributed by atoms with Gasteiger partial charge in [-0.1, -0.05) is 24.4 Å². The average Bonchev–Trinajstić information content (AvgIpc) is 3.06. The monoisotopic (exact) mass is 301 g/mol. The van der Waals surface area contributed by atoms with Gasteiger partial charge in [0.05, 0.1) is 12.8 Å². The maximum atomic E-state index is 5.42. The third kappa shape index (κ3) is 3.24. The van der Waals surface area contributed by atoms with Gasteiger partial charge in [-0.3, -0.25) is 4.90 Å². The fourth-order valence-corrected chi connectivity index (χ4v) is 3.48. The molecule has 5 nitrogen and oxygen atoms in total. The Morgan fingerprint density at radius 3 is 2.73 bits per heavy atom. The van der Waals surface area contributed by atoms with E-state index in [0.29, 0.717) is 17.5 Å². The summed E-state index contributed by atoms with van der Waals surface area (Å²) < 4.78 is 10.7. The second-order valence-electron chi connectivity index (χ2n) is 6.65. The number of nitrogens with zero attached hydrogens (tertiary/aromatic N) is 3. The molecule has 2 aliphatic carbocycles. The topological polar surface area (TPSA) is 55.3 Å². The zero-order chi connectivity index (χ0) is 14.8. The third-order valence-electron chi connectivity index (χ3n) is 4.83. The largest absolute Gasteiger partial charge is 0.461 e. The maximum absolute atomic E-state index is 5.42. The molecule has 0 spiro atoms. The van der Waals surface area contributed by atoms with E-state index in [-0.39, 0.29) is 0 Å². The Hall–Kier alpha value is -1.62. The Morgan fingerprint density at radius 1 is 1.14 bits per heavy atom. The summed E-state index contributed by atoms with van der Waals surface area (Å²) >= 11 is 0. The summed E-state index contributed by atoms with van der Waals surface area (Å²) in [5.41, 5.74) is 0. The number of furan rings is 1. The Kier molecular flexibility index (Phi) is 3.97. The van der Waals surface area contributed by atoms with Crippen molar-refractivity contribution in [3.8, 4) is 11.6 Å². The molecule has 0 amide bonds. The molecule has 0 bridgehead atoms. The minimum atomic E-state index is 0.549. The Balaban J connectivity index is 1.41. The van der Waals surface area contributed by atoms with Crippen LogP contribution >= 0.6 is 0 Å². The molecular weight excluding hydrogens is 278 g/mol. The van der Waals surface area contributed by atoms with Gasteiger partial charge in [0.25, 0.3) is 0 Å². The molecule has 0 atom stereocenters. The van der Waals surface area contributed by atoms with Crippen LogP contribution in [0.3, 0.4) is 0 Å². The van der Waals surface area contributed by atoms with Crippen LogP contribution in [0.1, 0.15) is 50.8 Å². The van der Waals surface area contributed by atoms with Crippen molar-refractivity contribution in [2.24, 2.45) is 5.92 Å². The molecular formula is C17H23N3O2. The van der Waals surface area contributed by atoms with Crippen LogP contribution in [0.25, 0.3) is 11.6 Å². The van der Waals surface area contributed by atoms with Crippen molar-refractivity contribution in [1.82, 2.24) is 15.0 Å². The number of hydrogen-bond acceptors (Lipinski definition) is 5. The second kappa shape index (κ2) is 6.24. The summed E-state index contributed by atoms with van der Waals surface area (Å²) in [7, 11) is 0. The highest BCUT2D eigenvalue weighted by atomic mass is 16.5. The molecule has 2 aliphatic rings. The van der Waals surface area contributed by atoms with E-state index in [1.165, 1.54) is 51.5 Å². The highest BCUT2D eigenvalue weighted by Gasteiger charge is 2.32. The fourth-order valence-electron chi connectivity index (χ4n) is 3.48. The van der Waals surface area contributed by atoms with Gasteiger partial charge in [0, 0.05) is 12.6 Å². The van der Waals surface area contributed by atoms with Crippen LogP contribution in [0.15, 0.2) is 27.3 Å². The van der Waals surface area contributed by atoms with E-state index in [4.69, 9.17) is 8.94 Å². The van der Waals surface area contributed by atoms with Crippen LogP contribution in [0.4, 0.5) is 0 Å². The number of rotatable bonds is 6. The van der Waals surface area contributed by atoms with E-state index in [1.54, 1.807) is 6.26 Å². The normalized spacial score (nSPS) is 19.9. The first-order chi connectivity index (χ1) is 10.9. The number of aromatic nitrogens is 2. The molecule has 0 saturated heterocycles. The first kappa shape index (κ1) is 14.0. The van der Waals surface area contributed by atoms with Gasteiger partial charge in [-0.15, -0.1) is 0 Å². The summed E-state index contributed by atoms with van der Waals surface area (Å²) in [4.78, 5) is 7.03. The zero-order valence-electron chi connectivity index (χ0n) is 12.9. The van der Waals surface area contributed by atoms with Gasteiger partial charge in [0.2, 0.25) is 11.7 Å². The molecule has 2 fully saturated rings. The van der Waals surface area contributed by atoms with Crippen molar-refractivity contribution in [2.45, 2.75) is 57.5 Å². The molecule has 0 aliphatic heterocycles. The van der Waals surface area contributed by atoms with Gasteiger partial charge in [-0.2, -0.15) is 4.98 Å². The van der Waals surface area contributed by atoms with E-state index in [1.807, 2.05) is 12.1 Å². The predicted molar refractivity (Wildman–Crippen MR) is 82.0 cm³/mol. The fraction of sp³-hybridized carbons (Fsp3) is 0.647. The minimum Gasteiger partial charge on any atom is -0.461 e. The van der Waals surface area contributed by atoms with Gasteiger partial charge in [0.15, 0.2) is 5.76 Å². The minimum absolute atomic E-state index is 0.549. The molecule has 2 saturated carbocycles. The maximum Gasteiger partial charge on any atom is 0.241 e. The Morgan fingerprint density at radius 2 is 2.00 bits per heavy atom. The third-order valence-corrected chi connectivity index (χ3v) is 4.83. The van der Waals surface area contributed by atoms with E-state index < -0.39 is 0 Å². The molecule has 0 aromatic carbocycles. The van der Waals surface area contributed by atoms with Crippen LogP contribution in [0, 0.1) is 5.92 Å². The summed E-state index contributed by atoms with van der Waals surface area (Å²) in [6, 6.07) is 4.42. The zero-order valence-corrected chi connectivity index (χ0v) is 12.9. The van der Waals surface area contributed by atoms with Gasteiger partial charge in [-0.25, -0.2) is 0 Å². The summed E-state index contributed by atoms with van der Waals surface area (Å²) in [6.07, 6.45) is 11.2. The molecule has 5 heteroatoms. The lowest BCUT2D eigenvalue weighted by molar-refractivity contribution is 0.166. The molecule has 2 heterocycles. The lowest BCUT2D eigenvalue weighted by Gasteiger charge is -2.28. The molecule has 2 aromatic heterocycles. The molecule has 4 rings (SSSR count). The number of hydrogen-bond donors (Lipinski definition) is 0.